The standard InChI is InChI=1S/C13H15FN2O/c14-11-3-1-2-4-12(11)15-16-13(17)10-7-9(10)8-5-6-8/h1-4,8-10,15H,5-7H2,(H,16,17)/t9-,10-/m1/s1. The minimum absolute atomic E-state index is 0.00912. The average Bonchev–Trinajstić information content (AvgIpc) is 3.16. The summed E-state index contributed by atoms with van der Waals surface area (Å²) in [6, 6.07) is 6.30. The van der Waals surface area contributed by atoms with Crippen molar-refractivity contribution in [2.75, 3.05) is 5.43 Å². The van der Waals surface area contributed by atoms with E-state index in [-0.39, 0.29) is 17.6 Å². The fraction of sp³-hybridized carbons (Fsp3) is 0.462. The molecule has 1 amide bonds. The lowest BCUT2D eigenvalue weighted by molar-refractivity contribution is -0.122. The topological polar surface area (TPSA) is 41.1 Å². The normalized spacial score (nSPS) is 26.4. The van der Waals surface area contributed by atoms with Gasteiger partial charge in [0.05, 0.1) is 5.69 Å². The predicted molar refractivity (Wildman–Crippen MR) is 62.5 cm³/mol. The Hall–Kier alpha value is -1.58. The van der Waals surface area contributed by atoms with Gasteiger partial charge in [-0.05, 0) is 43.2 Å². The summed E-state index contributed by atoms with van der Waals surface area (Å²) in [7, 11) is 0. The fourth-order valence-electron chi connectivity index (χ4n) is 2.35. The minimum Gasteiger partial charge on any atom is -0.296 e. The van der Waals surface area contributed by atoms with Crippen molar-refractivity contribution in [1.82, 2.24) is 5.43 Å². The molecular weight excluding hydrogens is 219 g/mol. The molecule has 3 nitrogen and oxygen atoms in total. The van der Waals surface area contributed by atoms with Crippen LogP contribution in [0.4, 0.5) is 10.1 Å². The maximum absolute atomic E-state index is 13.3. The van der Waals surface area contributed by atoms with E-state index in [2.05, 4.69) is 10.9 Å². The first-order valence-corrected chi connectivity index (χ1v) is 6.06. The summed E-state index contributed by atoms with van der Waals surface area (Å²) < 4.78 is 13.3. The summed E-state index contributed by atoms with van der Waals surface area (Å²) in [5.74, 6) is 1.13. The van der Waals surface area contributed by atoms with Crippen LogP contribution < -0.4 is 10.9 Å². The Kier molecular flexibility index (Phi) is 2.50. The summed E-state index contributed by atoms with van der Waals surface area (Å²) in [5, 5.41) is 0. The number of hydrazine groups is 1. The molecule has 1 aromatic rings. The number of hydrogen-bond donors (Lipinski definition) is 2. The van der Waals surface area contributed by atoms with Crippen LogP contribution in [0.3, 0.4) is 0 Å². The molecule has 0 saturated heterocycles. The number of rotatable bonds is 4. The zero-order valence-electron chi connectivity index (χ0n) is 9.45. The Morgan fingerprint density at radius 2 is 2.06 bits per heavy atom. The Bertz CT molecular complexity index is 445. The monoisotopic (exact) mass is 234 g/mol. The van der Waals surface area contributed by atoms with Crippen molar-refractivity contribution < 1.29 is 9.18 Å². The van der Waals surface area contributed by atoms with Gasteiger partial charge in [-0.2, -0.15) is 0 Å². The van der Waals surface area contributed by atoms with Gasteiger partial charge >= 0.3 is 0 Å². The van der Waals surface area contributed by atoms with Crippen LogP contribution in [-0.2, 0) is 4.79 Å². The molecule has 0 radical (unpaired) electrons. The van der Waals surface area contributed by atoms with Crippen molar-refractivity contribution in [3.8, 4) is 0 Å². The summed E-state index contributed by atoms with van der Waals surface area (Å²) >= 11 is 0. The van der Waals surface area contributed by atoms with Crippen molar-refractivity contribution in [2.45, 2.75) is 19.3 Å². The first kappa shape index (κ1) is 10.6. The average molecular weight is 234 g/mol. The van der Waals surface area contributed by atoms with Crippen LogP contribution in [0.15, 0.2) is 24.3 Å². The summed E-state index contributed by atoms with van der Waals surface area (Å²) in [6.45, 7) is 0. The molecule has 2 N–H and O–H groups in total. The molecule has 2 fully saturated rings. The van der Waals surface area contributed by atoms with E-state index in [1.165, 1.54) is 18.9 Å². The van der Waals surface area contributed by atoms with Gasteiger partial charge in [0.1, 0.15) is 5.82 Å². The van der Waals surface area contributed by atoms with Gasteiger partial charge in [-0.1, -0.05) is 12.1 Å². The molecule has 2 saturated carbocycles. The molecule has 0 heterocycles. The fourth-order valence-corrected chi connectivity index (χ4v) is 2.35. The highest BCUT2D eigenvalue weighted by molar-refractivity contribution is 5.82. The lowest BCUT2D eigenvalue weighted by Crippen LogP contribution is -2.31. The van der Waals surface area contributed by atoms with Gasteiger partial charge in [-0.3, -0.25) is 15.6 Å². The Balaban J connectivity index is 1.51. The molecule has 1 aromatic carbocycles. The van der Waals surface area contributed by atoms with Gasteiger partial charge < -0.3 is 0 Å². The van der Waals surface area contributed by atoms with Gasteiger partial charge in [0.15, 0.2) is 0 Å². The lowest BCUT2D eigenvalue weighted by atomic mass is 10.2. The predicted octanol–water partition coefficient (Wildman–Crippen LogP) is 2.31. The van der Waals surface area contributed by atoms with Gasteiger partial charge in [-0.15, -0.1) is 0 Å². The van der Waals surface area contributed by atoms with Gasteiger partial charge in [0.25, 0.3) is 0 Å². The van der Waals surface area contributed by atoms with Crippen LogP contribution in [0.25, 0.3) is 0 Å². The molecule has 2 aliphatic carbocycles. The molecular formula is C13H15FN2O. The van der Waals surface area contributed by atoms with E-state index in [1.807, 2.05) is 0 Å². The summed E-state index contributed by atoms with van der Waals surface area (Å²) in [5.41, 5.74) is 5.53. The van der Waals surface area contributed by atoms with Crippen molar-refractivity contribution in [1.29, 1.82) is 0 Å². The number of anilines is 1. The zero-order chi connectivity index (χ0) is 11.8. The molecule has 0 aromatic heterocycles. The number of carbonyl (C=O) groups is 1. The van der Waals surface area contributed by atoms with Crippen LogP contribution in [0.2, 0.25) is 0 Å². The van der Waals surface area contributed by atoms with E-state index in [4.69, 9.17) is 0 Å². The SMILES string of the molecule is O=C(NNc1ccccc1F)[C@@H]1C[C@@H]1C1CC1. The number of halogens is 1. The summed E-state index contributed by atoms with van der Waals surface area (Å²) in [4.78, 5) is 11.7. The highest BCUT2D eigenvalue weighted by Gasteiger charge is 2.51. The van der Waals surface area contributed by atoms with Crippen LogP contribution in [0.5, 0.6) is 0 Å². The highest BCUT2D eigenvalue weighted by atomic mass is 19.1. The number of carbonyl (C=O) groups excluding carboxylic acids is 1. The minimum atomic E-state index is -0.359. The van der Waals surface area contributed by atoms with E-state index >= 15 is 0 Å². The van der Waals surface area contributed by atoms with Crippen LogP contribution >= 0.6 is 0 Å². The van der Waals surface area contributed by atoms with Gasteiger partial charge in [0, 0.05) is 5.92 Å². The van der Waals surface area contributed by atoms with Gasteiger partial charge in [-0.25, -0.2) is 4.39 Å². The third-order valence-electron chi connectivity index (χ3n) is 3.60. The molecule has 0 bridgehead atoms. The molecule has 3 rings (SSSR count). The quantitative estimate of drug-likeness (QED) is 0.785. The molecule has 2 aliphatic rings. The number of benzene rings is 1. The van der Waals surface area contributed by atoms with E-state index in [0.29, 0.717) is 11.6 Å². The van der Waals surface area contributed by atoms with E-state index < -0.39 is 0 Å². The van der Waals surface area contributed by atoms with Crippen LogP contribution in [0, 0.1) is 23.6 Å². The Morgan fingerprint density at radius 3 is 2.76 bits per heavy atom. The summed E-state index contributed by atoms with van der Waals surface area (Å²) in [6.07, 6.45) is 3.54. The van der Waals surface area contributed by atoms with Crippen molar-refractivity contribution in [2.24, 2.45) is 17.8 Å². The number of amides is 1. The molecule has 4 heteroatoms. The highest BCUT2D eigenvalue weighted by Crippen LogP contribution is 2.54. The van der Waals surface area contributed by atoms with E-state index in [1.54, 1.807) is 18.2 Å². The van der Waals surface area contributed by atoms with E-state index in [9.17, 15) is 9.18 Å². The van der Waals surface area contributed by atoms with Crippen molar-refractivity contribution in [3.05, 3.63) is 30.1 Å². The van der Waals surface area contributed by atoms with Crippen LogP contribution in [-0.4, -0.2) is 5.91 Å². The third kappa shape index (κ3) is 2.25. The maximum Gasteiger partial charge on any atom is 0.241 e. The Morgan fingerprint density at radius 1 is 1.29 bits per heavy atom. The lowest BCUT2D eigenvalue weighted by Gasteiger charge is -2.08. The van der Waals surface area contributed by atoms with Crippen LogP contribution in [0.1, 0.15) is 19.3 Å². The maximum atomic E-state index is 13.3. The number of nitrogens with one attached hydrogen (secondary N) is 2. The number of para-hydroxylation sites is 1. The molecule has 90 valence electrons. The molecule has 17 heavy (non-hydrogen) atoms. The molecule has 0 aliphatic heterocycles. The first-order chi connectivity index (χ1) is 8.25. The Labute approximate surface area is 99.4 Å². The zero-order valence-corrected chi connectivity index (χ0v) is 9.45. The van der Waals surface area contributed by atoms with Crippen molar-refractivity contribution >= 4 is 11.6 Å². The first-order valence-electron chi connectivity index (χ1n) is 6.06. The van der Waals surface area contributed by atoms with E-state index in [0.717, 1.165) is 12.3 Å². The third-order valence-corrected chi connectivity index (χ3v) is 3.60. The molecule has 0 spiro atoms. The van der Waals surface area contributed by atoms with Crippen molar-refractivity contribution in [3.63, 3.8) is 0 Å². The number of hydrogen-bond acceptors (Lipinski definition) is 2. The van der Waals surface area contributed by atoms with Gasteiger partial charge in [0.2, 0.25) is 5.91 Å². The second-order valence-corrected chi connectivity index (χ2v) is 4.94. The largest absolute Gasteiger partial charge is 0.296 e. The molecule has 2 atom stereocenters. The second-order valence-electron chi connectivity index (χ2n) is 4.94. The smallest absolute Gasteiger partial charge is 0.241 e. The molecule has 0 unspecified atom stereocenters. The second kappa shape index (κ2) is 4.02.